The molecule has 0 unspecified atom stereocenters. The van der Waals surface area contributed by atoms with Crippen molar-refractivity contribution in [1.29, 1.82) is 0 Å². The number of carbonyl (C=O) groups excluding carboxylic acids is 1. The molecule has 2 atom stereocenters. The Morgan fingerprint density at radius 3 is 2.75 bits per heavy atom. The number of rotatable bonds is 4. The second kappa shape index (κ2) is 7.85. The molecular formula is C20H20ClN5OS. The van der Waals surface area contributed by atoms with E-state index in [9.17, 15) is 4.79 Å². The second-order valence-electron chi connectivity index (χ2n) is 6.60. The van der Waals surface area contributed by atoms with E-state index in [4.69, 9.17) is 11.6 Å². The number of hydrogen-bond donors (Lipinski definition) is 2. The highest BCUT2D eigenvalue weighted by Gasteiger charge is 2.37. The van der Waals surface area contributed by atoms with Crippen molar-refractivity contribution in [2.75, 3.05) is 10.7 Å². The van der Waals surface area contributed by atoms with Crippen LogP contribution in [-0.4, -0.2) is 26.0 Å². The molecule has 1 aliphatic rings. The number of halogens is 1. The van der Waals surface area contributed by atoms with Crippen LogP contribution in [0.1, 0.15) is 29.9 Å². The summed E-state index contributed by atoms with van der Waals surface area (Å²) in [5.41, 5.74) is 6.10. The van der Waals surface area contributed by atoms with Gasteiger partial charge in [-0.2, -0.15) is 0 Å². The Bertz CT molecular complexity index is 1010. The van der Waals surface area contributed by atoms with Crippen molar-refractivity contribution in [1.82, 2.24) is 14.9 Å². The topological polar surface area (TPSA) is 71.8 Å². The van der Waals surface area contributed by atoms with Gasteiger partial charge in [0.1, 0.15) is 5.25 Å². The molecule has 0 fully saturated rings. The molecule has 2 N–H and O–H groups in total. The Morgan fingerprint density at radius 1 is 1.25 bits per heavy atom. The van der Waals surface area contributed by atoms with Crippen LogP contribution in [0, 0.1) is 6.92 Å². The van der Waals surface area contributed by atoms with E-state index in [-0.39, 0.29) is 11.9 Å². The van der Waals surface area contributed by atoms with Crippen LogP contribution in [0.4, 0.5) is 5.69 Å². The van der Waals surface area contributed by atoms with Crippen LogP contribution in [0.5, 0.6) is 0 Å². The minimum atomic E-state index is -0.413. The number of thioether (sulfide) groups is 1. The zero-order chi connectivity index (χ0) is 19.7. The van der Waals surface area contributed by atoms with Gasteiger partial charge in [-0.05, 0) is 30.2 Å². The predicted octanol–water partition coefficient (Wildman–Crippen LogP) is 4.20. The maximum Gasteiger partial charge on any atom is 0.240 e. The molecule has 6 nitrogen and oxygen atoms in total. The molecule has 1 amide bonds. The number of hydrogen-bond acceptors (Lipinski definition) is 5. The predicted molar refractivity (Wildman–Crippen MR) is 112 cm³/mol. The molecule has 1 aromatic heterocycles. The first-order valence-corrected chi connectivity index (χ1v) is 10.3. The van der Waals surface area contributed by atoms with Gasteiger partial charge in [0.2, 0.25) is 11.1 Å². The van der Waals surface area contributed by atoms with Gasteiger partial charge in [-0.15, -0.1) is 10.2 Å². The number of nitrogens with one attached hydrogen (secondary N) is 2. The van der Waals surface area contributed by atoms with Gasteiger partial charge in [0.25, 0.3) is 0 Å². The summed E-state index contributed by atoms with van der Waals surface area (Å²) in [5.74, 6) is 0.728. The fraction of sp³-hybridized carbons (Fsp3) is 0.250. The van der Waals surface area contributed by atoms with Crippen LogP contribution >= 0.6 is 23.4 Å². The fourth-order valence-electron chi connectivity index (χ4n) is 3.12. The maximum absolute atomic E-state index is 13.2. The Labute approximate surface area is 172 Å². The summed E-state index contributed by atoms with van der Waals surface area (Å²) in [4.78, 5) is 13.2. The fourth-order valence-corrected chi connectivity index (χ4v) is 4.40. The van der Waals surface area contributed by atoms with E-state index in [1.807, 2.05) is 61.0 Å². The van der Waals surface area contributed by atoms with Gasteiger partial charge in [0, 0.05) is 17.1 Å². The third kappa shape index (κ3) is 3.59. The highest BCUT2D eigenvalue weighted by Crippen LogP contribution is 2.37. The molecule has 144 valence electrons. The van der Waals surface area contributed by atoms with Crippen molar-refractivity contribution in [3.05, 3.63) is 70.5 Å². The van der Waals surface area contributed by atoms with Crippen molar-refractivity contribution in [2.45, 2.75) is 36.7 Å². The molecule has 0 aliphatic carbocycles. The molecule has 0 saturated heterocycles. The number of nitrogens with zero attached hydrogens (tertiary/aromatic N) is 3. The molecule has 2 heterocycles. The molecule has 2 aromatic carbocycles. The average molecular weight is 414 g/mol. The Balaban J connectivity index is 1.65. The van der Waals surface area contributed by atoms with Crippen molar-refractivity contribution >= 4 is 35.0 Å². The first-order valence-electron chi connectivity index (χ1n) is 9.06. The monoisotopic (exact) mass is 413 g/mol. The number of benzene rings is 2. The summed E-state index contributed by atoms with van der Waals surface area (Å²) in [6.45, 7) is 3.96. The lowest BCUT2D eigenvalue weighted by Gasteiger charge is -2.33. The highest BCUT2D eigenvalue weighted by atomic mass is 35.5. The van der Waals surface area contributed by atoms with Crippen LogP contribution in [-0.2, 0) is 11.2 Å². The molecular weight excluding hydrogens is 394 g/mol. The van der Waals surface area contributed by atoms with Crippen LogP contribution in [0.3, 0.4) is 0 Å². The van der Waals surface area contributed by atoms with Crippen LogP contribution in [0.25, 0.3) is 0 Å². The summed E-state index contributed by atoms with van der Waals surface area (Å²) >= 11 is 7.62. The van der Waals surface area contributed by atoms with E-state index < -0.39 is 5.25 Å². The van der Waals surface area contributed by atoms with Crippen molar-refractivity contribution < 1.29 is 4.79 Å². The summed E-state index contributed by atoms with van der Waals surface area (Å²) in [7, 11) is 0. The standard InChI is InChI=1S/C20H20ClN5OS/c1-3-16-23-24-20-26(16)25-17(13-7-5-4-6-8-13)18(28-20)19(27)22-14-10-9-12(2)15(21)11-14/h4-11,17-18,25H,3H2,1-2H3,(H,22,27)/t17-,18+/m0/s1. The minimum Gasteiger partial charge on any atom is -0.325 e. The smallest absolute Gasteiger partial charge is 0.240 e. The van der Waals surface area contributed by atoms with Crippen LogP contribution in [0.2, 0.25) is 5.02 Å². The third-order valence-corrected chi connectivity index (χ3v) is 6.30. The van der Waals surface area contributed by atoms with Gasteiger partial charge in [0.05, 0.1) is 6.04 Å². The van der Waals surface area contributed by atoms with E-state index in [2.05, 4.69) is 20.9 Å². The van der Waals surface area contributed by atoms with E-state index >= 15 is 0 Å². The van der Waals surface area contributed by atoms with Crippen molar-refractivity contribution in [3.8, 4) is 0 Å². The van der Waals surface area contributed by atoms with Gasteiger partial charge in [-0.25, -0.2) is 4.68 Å². The Kier molecular flexibility index (Phi) is 5.28. The molecule has 0 radical (unpaired) electrons. The molecule has 28 heavy (non-hydrogen) atoms. The van der Waals surface area contributed by atoms with Crippen molar-refractivity contribution in [3.63, 3.8) is 0 Å². The zero-order valence-electron chi connectivity index (χ0n) is 15.5. The van der Waals surface area contributed by atoms with E-state index in [1.165, 1.54) is 11.8 Å². The molecule has 0 bridgehead atoms. The molecule has 1 aliphatic heterocycles. The zero-order valence-corrected chi connectivity index (χ0v) is 17.1. The van der Waals surface area contributed by atoms with E-state index in [0.717, 1.165) is 23.4 Å². The number of amides is 1. The largest absolute Gasteiger partial charge is 0.325 e. The molecule has 4 rings (SSSR count). The number of carbonyl (C=O) groups is 1. The van der Waals surface area contributed by atoms with Gasteiger partial charge >= 0.3 is 0 Å². The lowest BCUT2D eigenvalue weighted by Crippen LogP contribution is -2.41. The quantitative estimate of drug-likeness (QED) is 0.670. The highest BCUT2D eigenvalue weighted by molar-refractivity contribution is 8.00. The molecule has 8 heteroatoms. The Morgan fingerprint density at radius 2 is 2.04 bits per heavy atom. The average Bonchev–Trinajstić information content (AvgIpc) is 3.12. The number of anilines is 1. The van der Waals surface area contributed by atoms with Crippen LogP contribution < -0.4 is 10.7 Å². The summed E-state index contributed by atoms with van der Waals surface area (Å²) in [6.07, 6.45) is 0.751. The number of aryl methyl sites for hydroxylation is 2. The summed E-state index contributed by atoms with van der Waals surface area (Å²) < 4.78 is 1.88. The maximum atomic E-state index is 13.2. The number of aromatic nitrogens is 3. The van der Waals surface area contributed by atoms with Crippen molar-refractivity contribution in [2.24, 2.45) is 0 Å². The third-order valence-electron chi connectivity index (χ3n) is 4.68. The van der Waals surface area contributed by atoms with E-state index in [1.54, 1.807) is 6.07 Å². The SMILES string of the molecule is CCc1nnc2n1N[C@@H](c1ccccc1)[C@H](C(=O)Nc1ccc(C)c(Cl)c1)S2. The Hall–Kier alpha value is -2.51. The normalized spacial score (nSPS) is 18.2. The summed E-state index contributed by atoms with van der Waals surface area (Å²) in [6, 6.07) is 15.2. The number of fused-ring (bicyclic) bond motifs is 1. The first-order chi connectivity index (χ1) is 13.6. The van der Waals surface area contributed by atoms with Gasteiger partial charge in [0.15, 0.2) is 5.82 Å². The lowest BCUT2D eigenvalue weighted by atomic mass is 10.0. The molecule has 0 saturated carbocycles. The second-order valence-corrected chi connectivity index (χ2v) is 8.11. The summed E-state index contributed by atoms with van der Waals surface area (Å²) in [5, 5.41) is 12.3. The minimum absolute atomic E-state index is 0.112. The molecule has 0 spiro atoms. The van der Waals surface area contributed by atoms with Gasteiger partial charge in [-0.1, -0.05) is 66.7 Å². The first kappa shape index (κ1) is 18.8. The molecule has 3 aromatic rings. The van der Waals surface area contributed by atoms with Crippen LogP contribution in [0.15, 0.2) is 53.7 Å². The van der Waals surface area contributed by atoms with E-state index in [0.29, 0.717) is 15.9 Å². The lowest BCUT2D eigenvalue weighted by molar-refractivity contribution is -0.116. The van der Waals surface area contributed by atoms with Gasteiger partial charge in [-0.3, -0.25) is 4.79 Å². The van der Waals surface area contributed by atoms with Gasteiger partial charge < -0.3 is 10.7 Å².